The number of rotatable bonds is 4. The van der Waals surface area contributed by atoms with Gasteiger partial charge in [-0.1, -0.05) is 30.3 Å². The van der Waals surface area contributed by atoms with Crippen molar-refractivity contribution in [3.63, 3.8) is 0 Å². The summed E-state index contributed by atoms with van der Waals surface area (Å²) in [5.41, 5.74) is 8.61. The molecule has 0 saturated heterocycles. The van der Waals surface area contributed by atoms with Gasteiger partial charge < -0.3 is 4.98 Å². The number of aromatic nitrogens is 3. The number of hydrogen-bond acceptors (Lipinski definition) is 3. The minimum atomic E-state index is 0. The topological polar surface area (TPSA) is 53.6 Å². The molecule has 0 amide bonds. The monoisotopic (exact) mass is 410 g/mol. The van der Waals surface area contributed by atoms with Gasteiger partial charge in [-0.05, 0) is 5.56 Å². The van der Waals surface area contributed by atoms with Crippen LogP contribution in [0.15, 0.2) is 42.7 Å². The molecule has 0 aliphatic heterocycles. The van der Waals surface area contributed by atoms with Crippen LogP contribution in [0, 0.1) is 0 Å². The standard InChI is InChI=1S/C16H20N5.HI/c1-21(2,3)19-11-13-14(12-7-5-4-6-8-12)20-16-15(13)17-9-10-18-16;/h4-10,19H,11H2,1-3H3,(H,18,20);1H/q+1;. The molecule has 3 rings (SSSR count). The molecular formula is C16H21IN5+. The lowest BCUT2D eigenvalue weighted by Gasteiger charge is -2.24. The highest BCUT2D eigenvalue weighted by molar-refractivity contribution is 14.0. The highest BCUT2D eigenvalue weighted by atomic mass is 127. The fourth-order valence-corrected chi connectivity index (χ4v) is 2.30. The summed E-state index contributed by atoms with van der Waals surface area (Å²) < 4.78 is 0.682. The lowest BCUT2D eigenvalue weighted by Crippen LogP contribution is -2.47. The van der Waals surface area contributed by atoms with Gasteiger partial charge in [0.05, 0.1) is 33.4 Å². The van der Waals surface area contributed by atoms with Crippen LogP contribution in [-0.2, 0) is 6.54 Å². The largest absolute Gasteiger partial charge is 0.338 e. The second kappa shape index (κ2) is 6.72. The van der Waals surface area contributed by atoms with Crippen LogP contribution in [0.25, 0.3) is 22.4 Å². The zero-order valence-electron chi connectivity index (χ0n) is 13.0. The van der Waals surface area contributed by atoms with Crippen molar-refractivity contribution in [3.05, 3.63) is 48.3 Å². The van der Waals surface area contributed by atoms with Crippen molar-refractivity contribution in [3.8, 4) is 11.3 Å². The SMILES string of the molecule is C[N+](C)(C)NCc1c(-c2ccccc2)[nH]c2nccnc12.I. The summed E-state index contributed by atoms with van der Waals surface area (Å²) in [6, 6.07) is 10.3. The van der Waals surface area contributed by atoms with Crippen molar-refractivity contribution in [2.75, 3.05) is 21.1 Å². The molecule has 0 fully saturated rings. The quantitative estimate of drug-likeness (QED) is 0.395. The first kappa shape index (κ1) is 16.9. The van der Waals surface area contributed by atoms with E-state index in [1.807, 2.05) is 18.2 Å². The number of fused-ring (bicyclic) bond motifs is 1. The maximum absolute atomic E-state index is 4.49. The van der Waals surface area contributed by atoms with Crippen LogP contribution in [0.5, 0.6) is 0 Å². The van der Waals surface area contributed by atoms with Crippen molar-refractivity contribution < 1.29 is 4.59 Å². The number of H-pyrrole nitrogens is 1. The van der Waals surface area contributed by atoms with E-state index >= 15 is 0 Å². The maximum Gasteiger partial charge on any atom is 0.156 e. The van der Waals surface area contributed by atoms with E-state index in [9.17, 15) is 0 Å². The summed E-state index contributed by atoms with van der Waals surface area (Å²) in [6.07, 6.45) is 3.45. The molecule has 6 heteroatoms. The molecule has 3 aromatic rings. The molecule has 0 aliphatic carbocycles. The van der Waals surface area contributed by atoms with E-state index in [0.29, 0.717) is 4.59 Å². The van der Waals surface area contributed by atoms with Gasteiger partial charge in [-0.2, -0.15) is 5.43 Å². The second-order valence-corrected chi connectivity index (χ2v) is 5.95. The predicted molar refractivity (Wildman–Crippen MR) is 99.6 cm³/mol. The number of nitrogens with one attached hydrogen (secondary N) is 2. The maximum atomic E-state index is 4.49. The Hall–Kier alpha value is -1.51. The highest BCUT2D eigenvalue weighted by Crippen LogP contribution is 2.28. The van der Waals surface area contributed by atoms with Crippen molar-refractivity contribution in [1.82, 2.24) is 20.4 Å². The van der Waals surface area contributed by atoms with Crippen molar-refractivity contribution in [1.29, 1.82) is 0 Å². The summed E-state index contributed by atoms with van der Waals surface area (Å²) in [7, 11) is 6.30. The van der Waals surface area contributed by atoms with Crippen LogP contribution < -0.4 is 5.43 Å². The molecule has 0 spiro atoms. The third kappa shape index (κ3) is 3.63. The molecule has 2 N–H and O–H groups in total. The lowest BCUT2D eigenvalue weighted by molar-refractivity contribution is -0.917. The first-order chi connectivity index (χ1) is 10.0. The van der Waals surface area contributed by atoms with E-state index < -0.39 is 0 Å². The van der Waals surface area contributed by atoms with Crippen molar-refractivity contribution in [2.45, 2.75) is 6.54 Å². The van der Waals surface area contributed by atoms with Gasteiger partial charge >= 0.3 is 0 Å². The molecule has 1 aromatic carbocycles. The Balaban J connectivity index is 0.00000176. The third-order valence-electron chi connectivity index (χ3n) is 3.32. The molecule has 0 aliphatic rings. The number of nitrogens with zero attached hydrogens (tertiary/aromatic N) is 3. The first-order valence-electron chi connectivity index (χ1n) is 6.98. The predicted octanol–water partition coefficient (Wildman–Crippen LogP) is 2.95. The van der Waals surface area contributed by atoms with Crippen LogP contribution in [0.3, 0.4) is 0 Å². The molecule has 2 aromatic heterocycles. The number of quaternary nitrogens is 1. The Kier molecular flexibility index (Phi) is 5.15. The van der Waals surface area contributed by atoms with E-state index in [-0.39, 0.29) is 24.0 Å². The van der Waals surface area contributed by atoms with Crippen LogP contribution in [0.2, 0.25) is 0 Å². The van der Waals surface area contributed by atoms with Crippen LogP contribution in [0.4, 0.5) is 0 Å². The van der Waals surface area contributed by atoms with E-state index in [1.165, 1.54) is 0 Å². The molecule has 5 nitrogen and oxygen atoms in total. The Morgan fingerprint density at radius 1 is 1.05 bits per heavy atom. The summed E-state index contributed by atoms with van der Waals surface area (Å²) in [5, 5.41) is 0. The fourth-order valence-electron chi connectivity index (χ4n) is 2.30. The van der Waals surface area contributed by atoms with Gasteiger partial charge in [0.15, 0.2) is 5.65 Å². The smallest absolute Gasteiger partial charge is 0.156 e. The average Bonchev–Trinajstić information content (AvgIpc) is 2.84. The zero-order valence-corrected chi connectivity index (χ0v) is 15.3. The van der Waals surface area contributed by atoms with E-state index in [0.717, 1.165) is 34.5 Å². The highest BCUT2D eigenvalue weighted by Gasteiger charge is 2.17. The van der Waals surface area contributed by atoms with Crippen molar-refractivity contribution >= 4 is 35.1 Å². The van der Waals surface area contributed by atoms with E-state index in [1.54, 1.807) is 12.4 Å². The number of aromatic amines is 1. The Morgan fingerprint density at radius 2 is 1.73 bits per heavy atom. The molecule has 0 bridgehead atoms. The van der Waals surface area contributed by atoms with Gasteiger partial charge in [0.1, 0.15) is 5.52 Å². The van der Waals surface area contributed by atoms with Gasteiger partial charge in [0.25, 0.3) is 0 Å². The molecular weight excluding hydrogens is 389 g/mol. The number of halogens is 1. The summed E-state index contributed by atoms with van der Waals surface area (Å²) >= 11 is 0. The minimum absolute atomic E-state index is 0. The van der Waals surface area contributed by atoms with Crippen LogP contribution in [-0.4, -0.2) is 40.7 Å². The second-order valence-electron chi connectivity index (χ2n) is 5.95. The van der Waals surface area contributed by atoms with Crippen LogP contribution >= 0.6 is 24.0 Å². The molecule has 0 atom stereocenters. The van der Waals surface area contributed by atoms with Gasteiger partial charge in [-0.25, -0.2) is 4.98 Å². The summed E-state index contributed by atoms with van der Waals surface area (Å²) in [6.45, 7) is 0.729. The molecule has 22 heavy (non-hydrogen) atoms. The normalized spacial score (nSPS) is 11.4. The molecule has 0 unspecified atom stereocenters. The first-order valence-corrected chi connectivity index (χ1v) is 6.98. The van der Waals surface area contributed by atoms with E-state index in [2.05, 4.69) is 53.7 Å². The number of benzene rings is 1. The third-order valence-corrected chi connectivity index (χ3v) is 3.32. The Bertz CT molecular complexity index is 746. The van der Waals surface area contributed by atoms with Crippen LogP contribution in [0.1, 0.15) is 5.56 Å². The zero-order chi connectivity index (χ0) is 14.9. The molecule has 2 heterocycles. The van der Waals surface area contributed by atoms with Gasteiger partial charge in [-0.3, -0.25) is 9.58 Å². The average molecular weight is 410 g/mol. The van der Waals surface area contributed by atoms with Gasteiger partial charge in [-0.15, -0.1) is 24.0 Å². The Morgan fingerprint density at radius 3 is 2.41 bits per heavy atom. The van der Waals surface area contributed by atoms with Crippen molar-refractivity contribution in [2.24, 2.45) is 0 Å². The number of hydrogen-bond donors (Lipinski definition) is 2. The van der Waals surface area contributed by atoms with Gasteiger partial charge in [0.2, 0.25) is 0 Å². The molecule has 116 valence electrons. The minimum Gasteiger partial charge on any atom is -0.338 e. The summed E-state index contributed by atoms with van der Waals surface area (Å²) in [5.74, 6) is 0. The molecule has 0 radical (unpaired) electrons. The summed E-state index contributed by atoms with van der Waals surface area (Å²) in [4.78, 5) is 12.3. The van der Waals surface area contributed by atoms with E-state index in [4.69, 9.17) is 0 Å². The van der Waals surface area contributed by atoms with Gasteiger partial charge in [0, 0.05) is 18.0 Å². The molecule has 0 saturated carbocycles. The fraction of sp³-hybridized carbons (Fsp3) is 0.250. The Labute approximate surface area is 147 Å². The lowest BCUT2D eigenvalue weighted by atomic mass is 10.1.